The molecule has 0 aliphatic carbocycles. The lowest BCUT2D eigenvalue weighted by atomic mass is 9.96. The highest BCUT2D eigenvalue weighted by Crippen LogP contribution is 2.16. The van der Waals surface area contributed by atoms with Gasteiger partial charge in [-0.2, -0.15) is 0 Å². The van der Waals surface area contributed by atoms with Crippen molar-refractivity contribution < 1.29 is 4.74 Å². The molecular formula is C13H28N2O. The van der Waals surface area contributed by atoms with E-state index in [-0.39, 0.29) is 0 Å². The van der Waals surface area contributed by atoms with Crippen LogP contribution in [0.2, 0.25) is 0 Å². The van der Waals surface area contributed by atoms with Gasteiger partial charge in [0.05, 0.1) is 6.61 Å². The Morgan fingerprint density at radius 1 is 1.31 bits per heavy atom. The zero-order chi connectivity index (χ0) is 11.8. The van der Waals surface area contributed by atoms with Gasteiger partial charge >= 0.3 is 0 Å². The zero-order valence-corrected chi connectivity index (χ0v) is 11.2. The van der Waals surface area contributed by atoms with E-state index in [0.717, 1.165) is 25.7 Å². The van der Waals surface area contributed by atoms with Gasteiger partial charge in [-0.05, 0) is 45.3 Å². The van der Waals surface area contributed by atoms with E-state index < -0.39 is 0 Å². The highest BCUT2D eigenvalue weighted by molar-refractivity contribution is 4.74. The molecule has 0 bridgehead atoms. The average Bonchev–Trinajstić information content (AvgIpc) is 2.28. The molecule has 0 atom stereocenters. The van der Waals surface area contributed by atoms with E-state index in [9.17, 15) is 0 Å². The zero-order valence-electron chi connectivity index (χ0n) is 11.2. The van der Waals surface area contributed by atoms with Gasteiger partial charge in [-0.3, -0.25) is 0 Å². The summed E-state index contributed by atoms with van der Waals surface area (Å²) >= 11 is 0. The molecule has 1 N–H and O–H groups in total. The molecule has 16 heavy (non-hydrogen) atoms. The first-order valence-electron chi connectivity index (χ1n) is 6.75. The van der Waals surface area contributed by atoms with Crippen LogP contribution < -0.4 is 5.32 Å². The van der Waals surface area contributed by atoms with Gasteiger partial charge in [0.15, 0.2) is 0 Å². The maximum atomic E-state index is 5.39. The van der Waals surface area contributed by atoms with E-state index >= 15 is 0 Å². The smallest absolute Gasteiger partial charge is 0.0593 e. The molecule has 1 aliphatic rings. The third kappa shape index (κ3) is 5.83. The predicted octanol–water partition coefficient (Wildman–Crippen LogP) is 1.73. The Morgan fingerprint density at radius 3 is 2.56 bits per heavy atom. The van der Waals surface area contributed by atoms with Crippen molar-refractivity contribution in [3.05, 3.63) is 0 Å². The third-order valence-electron chi connectivity index (χ3n) is 3.28. The van der Waals surface area contributed by atoms with Crippen molar-refractivity contribution in [3.63, 3.8) is 0 Å². The molecule has 0 unspecified atom stereocenters. The first kappa shape index (κ1) is 13.9. The Bertz CT molecular complexity index is 165. The maximum absolute atomic E-state index is 5.39. The fourth-order valence-electron chi connectivity index (χ4n) is 2.15. The molecule has 3 heteroatoms. The molecule has 3 nitrogen and oxygen atoms in total. The second-order valence-electron chi connectivity index (χ2n) is 5.04. The van der Waals surface area contributed by atoms with Gasteiger partial charge in [0, 0.05) is 19.2 Å². The molecule has 1 saturated heterocycles. The Balaban J connectivity index is 2.04. The van der Waals surface area contributed by atoms with Gasteiger partial charge in [-0.15, -0.1) is 0 Å². The van der Waals surface area contributed by atoms with E-state index in [1.807, 2.05) is 0 Å². The fourth-order valence-corrected chi connectivity index (χ4v) is 2.15. The summed E-state index contributed by atoms with van der Waals surface area (Å²) in [6.07, 6.45) is 2.68. The summed E-state index contributed by atoms with van der Waals surface area (Å²) < 4.78 is 5.39. The summed E-state index contributed by atoms with van der Waals surface area (Å²) in [4.78, 5) is 2.53. The number of nitrogens with one attached hydrogen (secondary N) is 1. The first-order valence-corrected chi connectivity index (χ1v) is 6.75. The van der Waals surface area contributed by atoms with Crippen molar-refractivity contribution in [3.8, 4) is 0 Å². The molecule has 0 aromatic carbocycles. The van der Waals surface area contributed by atoms with Crippen molar-refractivity contribution in [2.75, 3.05) is 39.4 Å². The minimum absolute atomic E-state index is 0.621. The quantitative estimate of drug-likeness (QED) is 0.672. The lowest BCUT2D eigenvalue weighted by Crippen LogP contribution is -2.39. The summed E-state index contributed by atoms with van der Waals surface area (Å²) in [5.41, 5.74) is 0. The molecule has 96 valence electrons. The molecule has 0 spiro atoms. The maximum Gasteiger partial charge on any atom is 0.0593 e. The van der Waals surface area contributed by atoms with E-state index in [2.05, 4.69) is 31.0 Å². The Hall–Kier alpha value is -0.120. The van der Waals surface area contributed by atoms with Gasteiger partial charge < -0.3 is 15.0 Å². The highest BCUT2D eigenvalue weighted by atomic mass is 16.5. The molecule has 1 aliphatic heterocycles. The van der Waals surface area contributed by atoms with Crippen molar-refractivity contribution in [2.45, 2.75) is 39.7 Å². The number of likely N-dealkylation sites (tertiary alicyclic amines) is 1. The number of piperidine rings is 1. The van der Waals surface area contributed by atoms with E-state index in [0.29, 0.717) is 6.04 Å². The number of hydrogen-bond acceptors (Lipinski definition) is 3. The van der Waals surface area contributed by atoms with Gasteiger partial charge in [-0.25, -0.2) is 0 Å². The van der Waals surface area contributed by atoms with Crippen LogP contribution >= 0.6 is 0 Å². The van der Waals surface area contributed by atoms with Gasteiger partial charge in [0.1, 0.15) is 0 Å². The normalized spacial score (nSPS) is 19.5. The van der Waals surface area contributed by atoms with Crippen LogP contribution in [0.25, 0.3) is 0 Å². The Labute approximate surface area is 101 Å². The molecule has 0 aromatic rings. The molecule has 0 radical (unpaired) electrons. The number of rotatable bonds is 7. The van der Waals surface area contributed by atoms with E-state index in [1.165, 1.54) is 32.5 Å². The van der Waals surface area contributed by atoms with Crippen molar-refractivity contribution in [2.24, 2.45) is 5.92 Å². The summed E-state index contributed by atoms with van der Waals surface area (Å²) in [6, 6.07) is 0.621. The Kier molecular flexibility index (Phi) is 7.01. The van der Waals surface area contributed by atoms with Crippen LogP contribution in [0.4, 0.5) is 0 Å². The first-order chi connectivity index (χ1) is 7.72. The van der Waals surface area contributed by atoms with E-state index in [4.69, 9.17) is 4.74 Å². The number of hydrogen-bond donors (Lipinski definition) is 1. The van der Waals surface area contributed by atoms with Crippen LogP contribution in [0.1, 0.15) is 33.6 Å². The highest BCUT2D eigenvalue weighted by Gasteiger charge is 2.18. The number of ether oxygens (including phenoxy) is 1. The van der Waals surface area contributed by atoms with Gasteiger partial charge in [-0.1, -0.05) is 13.8 Å². The average molecular weight is 228 g/mol. The third-order valence-corrected chi connectivity index (χ3v) is 3.28. The standard InChI is InChI=1S/C13H28N2O/c1-4-16-10-9-15-7-5-13(6-8-15)11-14-12(2)3/h12-14H,4-11H2,1-3H3. The summed E-state index contributed by atoms with van der Waals surface area (Å²) in [7, 11) is 0. The minimum Gasteiger partial charge on any atom is -0.380 e. The second-order valence-corrected chi connectivity index (χ2v) is 5.04. The largest absolute Gasteiger partial charge is 0.380 e. The van der Waals surface area contributed by atoms with E-state index in [1.54, 1.807) is 0 Å². The lowest BCUT2D eigenvalue weighted by molar-refractivity contribution is 0.0954. The molecule has 1 fully saturated rings. The van der Waals surface area contributed by atoms with Crippen molar-refractivity contribution in [1.29, 1.82) is 0 Å². The Morgan fingerprint density at radius 2 is 2.00 bits per heavy atom. The second kappa shape index (κ2) is 8.04. The molecular weight excluding hydrogens is 200 g/mol. The van der Waals surface area contributed by atoms with Crippen molar-refractivity contribution >= 4 is 0 Å². The predicted molar refractivity (Wildman–Crippen MR) is 68.8 cm³/mol. The van der Waals surface area contributed by atoms with Crippen LogP contribution in [0.5, 0.6) is 0 Å². The summed E-state index contributed by atoms with van der Waals surface area (Å²) in [5, 5.41) is 3.54. The monoisotopic (exact) mass is 228 g/mol. The van der Waals surface area contributed by atoms with Crippen molar-refractivity contribution in [1.82, 2.24) is 10.2 Å². The van der Waals surface area contributed by atoms with Crippen LogP contribution in [-0.4, -0.2) is 50.3 Å². The SMILES string of the molecule is CCOCCN1CCC(CNC(C)C)CC1. The minimum atomic E-state index is 0.621. The fraction of sp³-hybridized carbons (Fsp3) is 1.00. The topological polar surface area (TPSA) is 24.5 Å². The van der Waals surface area contributed by atoms with Gasteiger partial charge in [0.25, 0.3) is 0 Å². The van der Waals surface area contributed by atoms with Crippen LogP contribution in [0.3, 0.4) is 0 Å². The van der Waals surface area contributed by atoms with Crippen LogP contribution in [-0.2, 0) is 4.74 Å². The molecule has 0 amide bonds. The number of nitrogens with zero attached hydrogens (tertiary/aromatic N) is 1. The summed E-state index contributed by atoms with van der Waals surface area (Å²) in [6.45, 7) is 13.0. The lowest BCUT2D eigenvalue weighted by Gasteiger charge is -2.32. The van der Waals surface area contributed by atoms with Gasteiger partial charge in [0.2, 0.25) is 0 Å². The van der Waals surface area contributed by atoms with Crippen LogP contribution in [0, 0.1) is 5.92 Å². The molecule has 1 rings (SSSR count). The summed E-state index contributed by atoms with van der Waals surface area (Å²) in [5.74, 6) is 0.880. The van der Waals surface area contributed by atoms with Crippen LogP contribution in [0.15, 0.2) is 0 Å². The molecule has 0 saturated carbocycles. The molecule has 0 aromatic heterocycles. The molecule has 1 heterocycles.